The molecular formula is C26H39N3O5. The smallest absolute Gasteiger partial charge is 0.318 e. The molecule has 1 saturated carbocycles. The van der Waals surface area contributed by atoms with Crippen LogP contribution in [0.15, 0.2) is 18.2 Å². The number of likely N-dealkylation sites (tertiary alicyclic amines) is 1. The summed E-state index contributed by atoms with van der Waals surface area (Å²) < 4.78 is 11.1. The quantitative estimate of drug-likeness (QED) is 0.605. The number of aliphatic hydroxyl groups is 1. The molecule has 4 unspecified atom stereocenters. The summed E-state index contributed by atoms with van der Waals surface area (Å²) in [7, 11) is 1.64. The van der Waals surface area contributed by atoms with Crippen LogP contribution in [0.5, 0.6) is 5.75 Å². The molecule has 3 aliphatic rings. The normalized spacial score (nSPS) is 32.6. The number of nitrogens with zero attached hydrogens (tertiary/aromatic N) is 1. The molecule has 2 heterocycles. The van der Waals surface area contributed by atoms with Crippen molar-refractivity contribution in [1.82, 2.24) is 10.2 Å². The Morgan fingerprint density at radius 3 is 2.68 bits per heavy atom. The van der Waals surface area contributed by atoms with Crippen LogP contribution in [0, 0.1) is 18.8 Å². The maximum absolute atomic E-state index is 12.8. The molecule has 4 atom stereocenters. The zero-order valence-electron chi connectivity index (χ0n) is 20.6. The number of aryl methyl sites for hydroxylation is 1. The third-order valence-electron chi connectivity index (χ3n) is 8.77. The summed E-state index contributed by atoms with van der Waals surface area (Å²) in [5.41, 5.74) is 5.69. The van der Waals surface area contributed by atoms with Crippen molar-refractivity contribution < 1.29 is 24.2 Å². The van der Waals surface area contributed by atoms with E-state index in [0.717, 1.165) is 62.4 Å². The monoisotopic (exact) mass is 473 g/mol. The number of nitrogens with two attached hydrogens (primary N) is 1. The molecule has 8 nitrogen and oxygen atoms in total. The predicted octanol–water partition coefficient (Wildman–Crippen LogP) is 2.49. The Hall–Kier alpha value is -2.16. The van der Waals surface area contributed by atoms with Crippen molar-refractivity contribution in [3.05, 3.63) is 29.3 Å². The number of piperidine rings is 1. The first-order valence-electron chi connectivity index (χ1n) is 12.5. The standard InChI is InChI=1S/C26H39N3O5/c1-17-4-5-21(33-3)14-22(17)25-10-11-29(16-19-7-12-34-13-8-19)18(2)26(25,32)9-6-20(15-25)23(30)28-24(27)31/h4-5,14,18-20,32H,6-13,15-16H2,1-3H3,(H3,27,28,30,31). The second kappa shape index (κ2) is 9.84. The highest BCUT2D eigenvalue weighted by Gasteiger charge is 2.62. The maximum Gasteiger partial charge on any atom is 0.318 e. The molecule has 1 aliphatic carbocycles. The Balaban J connectivity index is 1.71. The van der Waals surface area contributed by atoms with Gasteiger partial charge in [0.25, 0.3) is 0 Å². The zero-order chi connectivity index (χ0) is 24.5. The largest absolute Gasteiger partial charge is 0.497 e. The van der Waals surface area contributed by atoms with Crippen molar-refractivity contribution >= 4 is 11.9 Å². The minimum Gasteiger partial charge on any atom is -0.497 e. The van der Waals surface area contributed by atoms with Crippen molar-refractivity contribution in [1.29, 1.82) is 0 Å². The average molecular weight is 474 g/mol. The van der Waals surface area contributed by atoms with Gasteiger partial charge < -0.3 is 20.3 Å². The predicted molar refractivity (Wildman–Crippen MR) is 129 cm³/mol. The SMILES string of the molecule is COc1ccc(C)c(C23CCN(CC4CCOCC4)C(C)C2(O)CCC(C(=O)NC(N)=O)C3)c1. The molecule has 3 amide bonds. The van der Waals surface area contributed by atoms with Crippen LogP contribution in [0.4, 0.5) is 4.79 Å². The number of nitrogens with one attached hydrogen (secondary N) is 1. The van der Waals surface area contributed by atoms with Gasteiger partial charge in [0.15, 0.2) is 0 Å². The van der Waals surface area contributed by atoms with Gasteiger partial charge in [0.2, 0.25) is 5.91 Å². The molecule has 1 aromatic carbocycles. The summed E-state index contributed by atoms with van der Waals surface area (Å²) in [6, 6.07) is 5.07. The first-order chi connectivity index (χ1) is 16.2. The topological polar surface area (TPSA) is 114 Å². The van der Waals surface area contributed by atoms with Gasteiger partial charge in [-0.25, -0.2) is 4.79 Å². The molecule has 0 spiro atoms. The molecule has 2 saturated heterocycles. The number of carbonyl (C=O) groups is 2. The third kappa shape index (κ3) is 4.43. The number of fused-ring (bicyclic) bond motifs is 1. The number of rotatable bonds is 5. The van der Waals surface area contributed by atoms with Crippen LogP contribution in [0.1, 0.15) is 56.6 Å². The lowest BCUT2D eigenvalue weighted by molar-refractivity contribution is -0.169. The second-order valence-electron chi connectivity index (χ2n) is 10.5. The van der Waals surface area contributed by atoms with E-state index < -0.39 is 23.0 Å². The number of carbonyl (C=O) groups excluding carboxylic acids is 2. The Labute approximate surface area is 202 Å². The fraction of sp³-hybridized carbons (Fsp3) is 0.692. The Bertz CT molecular complexity index is 918. The minimum atomic E-state index is -1.02. The van der Waals surface area contributed by atoms with E-state index in [1.54, 1.807) is 7.11 Å². The Kier molecular flexibility index (Phi) is 7.22. The summed E-state index contributed by atoms with van der Waals surface area (Å²) in [4.78, 5) is 26.7. The van der Waals surface area contributed by atoms with Gasteiger partial charge in [-0.05, 0) is 88.1 Å². The van der Waals surface area contributed by atoms with E-state index in [9.17, 15) is 14.7 Å². The summed E-state index contributed by atoms with van der Waals surface area (Å²) in [5, 5.41) is 14.8. The van der Waals surface area contributed by atoms with Crippen LogP contribution >= 0.6 is 0 Å². The molecule has 188 valence electrons. The maximum atomic E-state index is 12.8. The molecule has 34 heavy (non-hydrogen) atoms. The van der Waals surface area contributed by atoms with Gasteiger partial charge in [-0.1, -0.05) is 6.07 Å². The average Bonchev–Trinajstić information content (AvgIpc) is 2.82. The van der Waals surface area contributed by atoms with E-state index in [4.69, 9.17) is 15.2 Å². The van der Waals surface area contributed by atoms with Gasteiger partial charge in [-0.2, -0.15) is 0 Å². The second-order valence-corrected chi connectivity index (χ2v) is 10.5. The van der Waals surface area contributed by atoms with Crippen molar-refractivity contribution in [2.45, 2.75) is 69.4 Å². The highest BCUT2D eigenvalue weighted by molar-refractivity contribution is 5.94. The number of hydrogen-bond donors (Lipinski definition) is 3. The number of amides is 3. The molecular weight excluding hydrogens is 434 g/mol. The molecule has 0 bridgehead atoms. The van der Waals surface area contributed by atoms with E-state index in [2.05, 4.69) is 24.1 Å². The van der Waals surface area contributed by atoms with E-state index in [1.165, 1.54) is 0 Å². The highest BCUT2D eigenvalue weighted by Crippen LogP contribution is 2.56. The van der Waals surface area contributed by atoms with Crippen molar-refractivity contribution in [3.8, 4) is 5.75 Å². The molecule has 2 aliphatic heterocycles. The lowest BCUT2D eigenvalue weighted by Gasteiger charge is -2.61. The van der Waals surface area contributed by atoms with Crippen LogP contribution in [0.25, 0.3) is 0 Å². The van der Waals surface area contributed by atoms with Crippen LogP contribution < -0.4 is 15.8 Å². The summed E-state index contributed by atoms with van der Waals surface area (Å²) in [6.45, 7) is 7.58. The summed E-state index contributed by atoms with van der Waals surface area (Å²) in [5.74, 6) is 0.557. The van der Waals surface area contributed by atoms with Gasteiger partial charge in [0.1, 0.15) is 5.75 Å². The van der Waals surface area contributed by atoms with Gasteiger partial charge in [-0.3, -0.25) is 15.0 Å². The Morgan fingerprint density at radius 1 is 1.26 bits per heavy atom. The van der Waals surface area contributed by atoms with E-state index >= 15 is 0 Å². The molecule has 8 heteroatoms. The van der Waals surface area contributed by atoms with Gasteiger partial charge in [-0.15, -0.1) is 0 Å². The molecule has 4 N–H and O–H groups in total. The number of benzene rings is 1. The zero-order valence-corrected chi connectivity index (χ0v) is 20.6. The lowest BCUT2D eigenvalue weighted by atomic mass is 9.51. The molecule has 3 fully saturated rings. The summed E-state index contributed by atoms with van der Waals surface area (Å²) in [6.07, 6.45) is 4.29. The highest BCUT2D eigenvalue weighted by atomic mass is 16.5. The van der Waals surface area contributed by atoms with Gasteiger partial charge in [0.05, 0.1) is 12.7 Å². The molecule has 0 radical (unpaired) electrons. The number of imide groups is 1. The number of methoxy groups -OCH3 is 1. The lowest BCUT2D eigenvalue weighted by Crippen LogP contribution is -2.70. The number of primary amides is 1. The van der Waals surface area contributed by atoms with Crippen LogP contribution in [-0.4, -0.2) is 67.0 Å². The minimum absolute atomic E-state index is 0.0742. The first-order valence-corrected chi connectivity index (χ1v) is 12.5. The number of ether oxygens (including phenoxy) is 2. The van der Waals surface area contributed by atoms with Crippen molar-refractivity contribution in [2.75, 3.05) is 33.4 Å². The fourth-order valence-electron chi connectivity index (χ4n) is 6.77. The van der Waals surface area contributed by atoms with Gasteiger partial charge >= 0.3 is 6.03 Å². The van der Waals surface area contributed by atoms with Crippen LogP contribution in [-0.2, 0) is 14.9 Å². The van der Waals surface area contributed by atoms with E-state index in [0.29, 0.717) is 25.2 Å². The first kappa shape index (κ1) is 24.9. The third-order valence-corrected chi connectivity index (χ3v) is 8.77. The molecule has 1 aromatic rings. The molecule has 0 aromatic heterocycles. The van der Waals surface area contributed by atoms with E-state index in [-0.39, 0.29) is 11.9 Å². The van der Waals surface area contributed by atoms with Crippen LogP contribution in [0.2, 0.25) is 0 Å². The van der Waals surface area contributed by atoms with Gasteiger partial charge in [0, 0.05) is 37.1 Å². The molecule has 4 rings (SSSR count). The number of urea groups is 1. The van der Waals surface area contributed by atoms with E-state index in [1.807, 2.05) is 18.2 Å². The fourth-order valence-corrected chi connectivity index (χ4v) is 6.77. The van der Waals surface area contributed by atoms with Crippen molar-refractivity contribution in [3.63, 3.8) is 0 Å². The number of hydrogen-bond acceptors (Lipinski definition) is 6. The summed E-state index contributed by atoms with van der Waals surface area (Å²) >= 11 is 0. The van der Waals surface area contributed by atoms with Crippen molar-refractivity contribution in [2.24, 2.45) is 17.6 Å². The van der Waals surface area contributed by atoms with Crippen LogP contribution in [0.3, 0.4) is 0 Å². The Morgan fingerprint density at radius 2 is 2.00 bits per heavy atom.